The zero-order chi connectivity index (χ0) is 17.8. The van der Waals surface area contributed by atoms with Gasteiger partial charge in [-0.1, -0.05) is 19.1 Å². The molecule has 2 heterocycles. The van der Waals surface area contributed by atoms with E-state index in [1.54, 1.807) is 12.1 Å². The summed E-state index contributed by atoms with van der Waals surface area (Å²) in [6, 6.07) is 7.55. The number of rotatable bonds is 6. The fraction of sp³-hybridized carbons (Fsp3) is 0.526. The van der Waals surface area contributed by atoms with Crippen LogP contribution in [0.1, 0.15) is 48.5 Å². The van der Waals surface area contributed by atoms with E-state index in [9.17, 15) is 14.4 Å². The zero-order valence-corrected chi connectivity index (χ0v) is 14.7. The van der Waals surface area contributed by atoms with Gasteiger partial charge in [0.2, 0.25) is 11.8 Å². The van der Waals surface area contributed by atoms with E-state index in [0.717, 1.165) is 25.1 Å². The Morgan fingerprint density at radius 2 is 1.84 bits per heavy atom. The number of nitrogens with one attached hydrogen (secondary N) is 1. The molecule has 3 rings (SSSR count). The Labute approximate surface area is 148 Å². The highest BCUT2D eigenvalue weighted by Crippen LogP contribution is 2.17. The van der Waals surface area contributed by atoms with Gasteiger partial charge in [-0.25, -0.2) is 0 Å². The Hall–Kier alpha value is -2.21. The monoisotopic (exact) mass is 343 g/mol. The fourth-order valence-electron chi connectivity index (χ4n) is 3.60. The molecule has 1 aromatic carbocycles. The van der Waals surface area contributed by atoms with Crippen LogP contribution in [0.15, 0.2) is 24.3 Å². The summed E-state index contributed by atoms with van der Waals surface area (Å²) in [5.41, 5.74) is 1.46. The third-order valence-electron chi connectivity index (χ3n) is 5.12. The lowest BCUT2D eigenvalue weighted by Gasteiger charge is -2.22. The van der Waals surface area contributed by atoms with Crippen LogP contribution in [0.4, 0.5) is 0 Å². The van der Waals surface area contributed by atoms with E-state index in [1.807, 2.05) is 12.1 Å². The standard InChI is InChI=1S/C19H25N3O3/c1-2-21-11-3-4-16(21)12-20-19(25)15-7-5-14(6-8-15)13-22-17(23)9-10-18(22)24/h5-8,16H,2-4,9-13H2,1H3,(H,20,25). The van der Waals surface area contributed by atoms with Crippen molar-refractivity contribution >= 4 is 17.7 Å². The number of nitrogens with zero attached hydrogens (tertiary/aromatic N) is 2. The summed E-state index contributed by atoms with van der Waals surface area (Å²) in [4.78, 5) is 39.3. The first-order chi connectivity index (χ1) is 12.1. The quantitative estimate of drug-likeness (QED) is 0.796. The van der Waals surface area contributed by atoms with Crippen molar-refractivity contribution in [2.75, 3.05) is 19.6 Å². The van der Waals surface area contributed by atoms with Crippen molar-refractivity contribution in [1.82, 2.24) is 15.1 Å². The van der Waals surface area contributed by atoms with Crippen LogP contribution in [-0.2, 0) is 16.1 Å². The Morgan fingerprint density at radius 3 is 2.48 bits per heavy atom. The minimum Gasteiger partial charge on any atom is -0.350 e. The van der Waals surface area contributed by atoms with Crippen molar-refractivity contribution in [2.45, 2.75) is 45.2 Å². The second-order valence-corrected chi connectivity index (χ2v) is 6.71. The van der Waals surface area contributed by atoms with Crippen molar-refractivity contribution in [1.29, 1.82) is 0 Å². The number of amides is 3. The number of hydrogen-bond acceptors (Lipinski definition) is 4. The van der Waals surface area contributed by atoms with E-state index in [2.05, 4.69) is 17.1 Å². The van der Waals surface area contributed by atoms with Crippen LogP contribution >= 0.6 is 0 Å². The second-order valence-electron chi connectivity index (χ2n) is 6.71. The highest BCUT2D eigenvalue weighted by Gasteiger charge is 2.28. The van der Waals surface area contributed by atoms with Gasteiger partial charge in [0.1, 0.15) is 0 Å². The van der Waals surface area contributed by atoms with Crippen LogP contribution < -0.4 is 5.32 Å². The first kappa shape index (κ1) is 17.6. The first-order valence-electron chi connectivity index (χ1n) is 9.03. The number of likely N-dealkylation sites (tertiary alicyclic amines) is 2. The summed E-state index contributed by atoms with van der Waals surface area (Å²) >= 11 is 0. The SMILES string of the molecule is CCN1CCCC1CNC(=O)c1ccc(CN2C(=O)CCC2=O)cc1. The summed E-state index contributed by atoms with van der Waals surface area (Å²) in [6.45, 7) is 5.23. The minimum absolute atomic E-state index is 0.0807. The van der Waals surface area contributed by atoms with E-state index < -0.39 is 0 Å². The van der Waals surface area contributed by atoms with Crippen LogP contribution in [0.25, 0.3) is 0 Å². The molecule has 1 unspecified atom stereocenters. The molecular formula is C19H25N3O3. The van der Waals surface area contributed by atoms with Crippen LogP contribution in [-0.4, -0.2) is 53.2 Å². The molecule has 2 saturated heterocycles. The molecule has 2 fully saturated rings. The Balaban J connectivity index is 1.53. The highest BCUT2D eigenvalue weighted by atomic mass is 16.2. The normalized spacial score (nSPS) is 21.2. The summed E-state index contributed by atoms with van der Waals surface area (Å²) in [5, 5.41) is 3.01. The minimum atomic E-state index is -0.121. The van der Waals surface area contributed by atoms with Crippen molar-refractivity contribution < 1.29 is 14.4 Å². The van der Waals surface area contributed by atoms with Gasteiger partial charge in [-0.15, -0.1) is 0 Å². The van der Waals surface area contributed by atoms with Gasteiger partial charge < -0.3 is 5.32 Å². The Bertz CT molecular complexity index is 640. The lowest BCUT2D eigenvalue weighted by molar-refractivity contribution is -0.139. The van der Waals surface area contributed by atoms with Crippen LogP contribution in [0.2, 0.25) is 0 Å². The maximum atomic E-state index is 12.3. The van der Waals surface area contributed by atoms with Gasteiger partial charge in [0.05, 0.1) is 6.54 Å². The number of hydrogen-bond donors (Lipinski definition) is 1. The molecule has 1 aromatic rings. The van der Waals surface area contributed by atoms with Crippen LogP contribution in [0, 0.1) is 0 Å². The van der Waals surface area contributed by atoms with Gasteiger partial charge in [0.15, 0.2) is 0 Å². The van der Waals surface area contributed by atoms with E-state index in [4.69, 9.17) is 0 Å². The van der Waals surface area contributed by atoms with Gasteiger partial charge in [-0.3, -0.25) is 24.2 Å². The van der Waals surface area contributed by atoms with Gasteiger partial charge in [-0.05, 0) is 43.6 Å². The van der Waals surface area contributed by atoms with Crippen LogP contribution in [0.3, 0.4) is 0 Å². The Kier molecular flexibility index (Phi) is 5.48. The summed E-state index contributed by atoms with van der Waals surface area (Å²) in [6.07, 6.45) is 2.92. The van der Waals surface area contributed by atoms with Crippen molar-refractivity contribution in [3.05, 3.63) is 35.4 Å². The molecule has 2 aliphatic heterocycles. The lowest BCUT2D eigenvalue weighted by Crippen LogP contribution is -2.40. The van der Waals surface area contributed by atoms with Crippen molar-refractivity contribution in [3.8, 4) is 0 Å². The molecule has 0 spiro atoms. The van der Waals surface area contributed by atoms with Crippen molar-refractivity contribution in [3.63, 3.8) is 0 Å². The van der Waals surface area contributed by atoms with Crippen LogP contribution in [0.5, 0.6) is 0 Å². The molecule has 134 valence electrons. The Morgan fingerprint density at radius 1 is 1.16 bits per heavy atom. The molecule has 6 nitrogen and oxygen atoms in total. The second kappa shape index (κ2) is 7.78. The smallest absolute Gasteiger partial charge is 0.251 e. The predicted molar refractivity (Wildman–Crippen MR) is 93.8 cm³/mol. The maximum absolute atomic E-state index is 12.3. The van der Waals surface area contributed by atoms with E-state index in [-0.39, 0.29) is 24.3 Å². The molecule has 0 radical (unpaired) electrons. The molecule has 0 aliphatic carbocycles. The van der Waals surface area contributed by atoms with Crippen molar-refractivity contribution in [2.24, 2.45) is 0 Å². The molecule has 3 amide bonds. The largest absolute Gasteiger partial charge is 0.350 e. The molecule has 2 aliphatic rings. The van der Waals surface area contributed by atoms with Gasteiger partial charge in [0, 0.05) is 31.0 Å². The molecule has 0 bridgehead atoms. The number of likely N-dealkylation sites (N-methyl/N-ethyl adjacent to an activating group) is 1. The van der Waals surface area contributed by atoms with E-state index in [1.165, 1.54) is 11.3 Å². The summed E-state index contributed by atoms with van der Waals surface area (Å²) in [5.74, 6) is -0.324. The number of carbonyl (C=O) groups is 3. The van der Waals surface area contributed by atoms with E-state index in [0.29, 0.717) is 31.0 Å². The lowest BCUT2D eigenvalue weighted by atomic mass is 10.1. The molecule has 6 heteroatoms. The number of carbonyl (C=O) groups excluding carboxylic acids is 3. The zero-order valence-electron chi connectivity index (χ0n) is 14.7. The highest BCUT2D eigenvalue weighted by molar-refractivity contribution is 6.01. The van der Waals surface area contributed by atoms with E-state index >= 15 is 0 Å². The molecule has 0 saturated carbocycles. The topological polar surface area (TPSA) is 69.7 Å². The third kappa shape index (κ3) is 4.07. The molecule has 25 heavy (non-hydrogen) atoms. The molecule has 1 atom stereocenters. The number of imide groups is 1. The van der Waals surface area contributed by atoms with Gasteiger partial charge in [-0.2, -0.15) is 0 Å². The maximum Gasteiger partial charge on any atom is 0.251 e. The number of benzene rings is 1. The average Bonchev–Trinajstić information content (AvgIpc) is 3.21. The fourth-order valence-corrected chi connectivity index (χ4v) is 3.60. The summed E-state index contributed by atoms with van der Waals surface area (Å²) in [7, 11) is 0. The summed E-state index contributed by atoms with van der Waals surface area (Å²) < 4.78 is 0. The van der Waals surface area contributed by atoms with Gasteiger partial charge in [0.25, 0.3) is 5.91 Å². The first-order valence-corrected chi connectivity index (χ1v) is 9.03. The third-order valence-corrected chi connectivity index (χ3v) is 5.12. The average molecular weight is 343 g/mol. The molecule has 0 aromatic heterocycles. The van der Waals surface area contributed by atoms with Gasteiger partial charge >= 0.3 is 0 Å². The molecule has 1 N–H and O–H groups in total. The predicted octanol–water partition coefficient (Wildman–Crippen LogP) is 1.55. The molecular weight excluding hydrogens is 318 g/mol.